The zero-order chi connectivity index (χ0) is 20.8. The molecule has 1 aliphatic rings. The van der Waals surface area contributed by atoms with E-state index >= 15 is 0 Å². The van der Waals surface area contributed by atoms with E-state index in [9.17, 15) is 4.79 Å². The first-order valence-electron chi connectivity index (χ1n) is 9.12. The van der Waals surface area contributed by atoms with Gasteiger partial charge in [0.15, 0.2) is 0 Å². The fraction of sp³-hybridized carbons (Fsp3) is 0.333. The van der Waals surface area contributed by atoms with Crippen LogP contribution in [0.2, 0.25) is 0 Å². The molecule has 0 unspecified atom stereocenters. The molecule has 11 heteroatoms. The van der Waals surface area contributed by atoms with Gasteiger partial charge in [-0.1, -0.05) is 23.5 Å². The molecule has 1 fully saturated rings. The third-order valence-corrected chi connectivity index (χ3v) is 5.10. The number of hydrogen-bond acceptors (Lipinski definition) is 5. The summed E-state index contributed by atoms with van der Waals surface area (Å²) in [6.45, 7) is -0.142. The van der Waals surface area contributed by atoms with E-state index in [1.807, 2.05) is 19.3 Å². The Balaban J connectivity index is 1.54. The number of aryl methyl sites for hydroxylation is 1. The Labute approximate surface area is 174 Å². The van der Waals surface area contributed by atoms with E-state index in [1.165, 1.54) is 4.90 Å². The van der Waals surface area contributed by atoms with Gasteiger partial charge in [-0.05, 0) is 17.5 Å². The maximum Gasteiger partial charge on any atom is 0.239 e. The first-order valence-corrected chi connectivity index (χ1v) is 9.12. The van der Waals surface area contributed by atoms with Crippen molar-refractivity contribution in [3.8, 4) is 11.3 Å². The average Bonchev–Trinajstić information content (AvgIpc) is 3.18. The van der Waals surface area contributed by atoms with Gasteiger partial charge in [0.25, 0.3) is 0 Å². The van der Waals surface area contributed by atoms with Gasteiger partial charge in [0.1, 0.15) is 5.82 Å². The molecule has 1 aliphatic heterocycles. The Bertz CT molecular complexity index is 1070. The number of carbonyl (C=O) groups is 1. The van der Waals surface area contributed by atoms with Crippen LogP contribution in [0, 0.1) is 0 Å². The average molecular weight is 376 g/mol. The Morgan fingerprint density at radius 1 is 1.07 bits per heavy atom. The molecule has 1 amide bonds. The molecule has 3 aromatic rings. The summed E-state index contributed by atoms with van der Waals surface area (Å²) in [5, 5.41) is 6.17. The van der Waals surface area contributed by atoms with Crippen LogP contribution in [-0.4, -0.2) is 79.2 Å². The van der Waals surface area contributed by atoms with E-state index in [0.717, 1.165) is 22.0 Å². The minimum atomic E-state index is -1.23. The van der Waals surface area contributed by atoms with Gasteiger partial charge in [-0.3, -0.25) is 14.5 Å². The fourth-order valence-corrected chi connectivity index (χ4v) is 3.50. The van der Waals surface area contributed by atoms with Gasteiger partial charge in [0, 0.05) is 36.6 Å². The number of hydrogen-bond donors (Lipinski definition) is 1. The van der Waals surface area contributed by atoms with Crippen molar-refractivity contribution in [2.75, 3.05) is 11.9 Å². The number of nitrogens with zero attached hydrogens (tertiary/aromatic N) is 5. The quantitative estimate of drug-likeness (QED) is 0.652. The Kier molecular flexibility index (Phi) is 4.81. The van der Waals surface area contributed by atoms with Crippen LogP contribution >= 0.6 is 0 Å². The van der Waals surface area contributed by atoms with E-state index in [1.54, 1.807) is 29.3 Å². The molecule has 29 heavy (non-hydrogen) atoms. The van der Waals surface area contributed by atoms with Gasteiger partial charge >= 0.3 is 0 Å². The smallest absolute Gasteiger partial charge is 0.239 e. The molecule has 136 valence electrons. The van der Waals surface area contributed by atoms with Crippen LogP contribution < -0.4 is 5.32 Å². The van der Waals surface area contributed by atoms with Crippen molar-refractivity contribution in [1.82, 2.24) is 24.6 Å². The van der Waals surface area contributed by atoms with Crippen LogP contribution in [0.3, 0.4) is 0 Å². The Hall–Kier alpha value is -2.54. The van der Waals surface area contributed by atoms with Crippen molar-refractivity contribution in [3.05, 3.63) is 36.9 Å². The summed E-state index contributed by atoms with van der Waals surface area (Å²) in [5.41, 5.74) is 1.67. The fourth-order valence-electron chi connectivity index (χ4n) is 3.50. The van der Waals surface area contributed by atoms with Crippen molar-refractivity contribution >= 4 is 53.9 Å². The monoisotopic (exact) mass is 376 g/mol. The molecule has 0 spiro atoms. The summed E-state index contributed by atoms with van der Waals surface area (Å²) in [6.07, 6.45) is 7.79. The summed E-state index contributed by atoms with van der Waals surface area (Å²) in [5.74, 6) is 0.0326. The van der Waals surface area contributed by atoms with Crippen LogP contribution in [0.25, 0.3) is 22.0 Å². The number of aromatic nitrogens is 4. The van der Waals surface area contributed by atoms with Gasteiger partial charge in [-0.25, -0.2) is 4.98 Å². The maximum absolute atomic E-state index is 12.5. The predicted octanol–water partition coefficient (Wildman–Crippen LogP) is 0.0462. The maximum atomic E-state index is 12.5. The van der Waals surface area contributed by atoms with Gasteiger partial charge in [0.2, 0.25) is 5.91 Å². The van der Waals surface area contributed by atoms with Gasteiger partial charge in [0.05, 0.1) is 49.8 Å². The second-order valence-electron chi connectivity index (χ2n) is 7.51. The summed E-state index contributed by atoms with van der Waals surface area (Å²) < 4.78 is 1.71. The number of nitrogens with one attached hydrogen (secondary N) is 1. The second kappa shape index (κ2) is 7.06. The van der Waals surface area contributed by atoms with Crippen LogP contribution in [0.15, 0.2) is 36.9 Å². The number of likely N-dealkylation sites (tertiary alicyclic amines) is 1. The summed E-state index contributed by atoms with van der Waals surface area (Å²) in [7, 11) is 25.9. The van der Waals surface area contributed by atoms with Gasteiger partial charge in [-0.2, -0.15) is 5.10 Å². The zero-order valence-electron chi connectivity index (χ0n) is 16.0. The number of anilines is 1. The highest BCUT2D eigenvalue weighted by atomic mass is 16.2. The lowest BCUT2D eigenvalue weighted by molar-refractivity contribution is -0.117. The molecule has 0 aliphatic carbocycles. The number of rotatable bonds is 4. The molecule has 4 heterocycles. The summed E-state index contributed by atoms with van der Waals surface area (Å²) in [6, 6.07) is 3.69. The molecule has 7 nitrogen and oxygen atoms in total. The van der Waals surface area contributed by atoms with Crippen molar-refractivity contribution in [3.63, 3.8) is 0 Å². The Morgan fingerprint density at radius 3 is 2.41 bits per heavy atom. The molecule has 3 aromatic heterocycles. The topological polar surface area (TPSA) is 75.9 Å². The molecule has 1 saturated heterocycles. The largest absolute Gasteiger partial charge is 0.317 e. The van der Waals surface area contributed by atoms with E-state index < -0.39 is 10.7 Å². The minimum absolute atomic E-state index is 0.142. The number of carbonyl (C=O) groups excluding carboxylic acids is 1. The summed E-state index contributed by atoms with van der Waals surface area (Å²) >= 11 is 0. The highest BCUT2D eigenvalue weighted by molar-refractivity contribution is 6.45. The van der Waals surface area contributed by atoms with Crippen molar-refractivity contribution in [2.24, 2.45) is 7.05 Å². The highest BCUT2D eigenvalue weighted by Crippen LogP contribution is 2.33. The summed E-state index contributed by atoms with van der Waals surface area (Å²) in [4.78, 5) is 22.6. The second-order valence-corrected chi connectivity index (χ2v) is 7.51. The third kappa shape index (κ3) is 3.96. The molecule has 0 saturated carbocycles. The van der Waals surface area contributed by atoms with Crippen molar-refractivity contribution in [2.45, 2.75) is 23.5 Å². The first kappa shape index (κ1) is 19.8. The molecule has 0 bridgehead atoms. The zero-order valence-corrected chi connectivity index (χ0v) is 16.0. The number of pyridine rings is 2. The number of amides is 1. The molecule has 0 atom stereocenters. The van der Waals surface area contributed by atoms with E-state index in [-0.39, 0.29) is 12.5 Å². The SMILES string of the molecule is [B]C1([B])CCC([B])([B])N1CC(=O)Nc1cc2cc(-c3cnn(C)c3)ncc2cn1. The first-order chi connectivity index (χ1) is 13.6. The van der Waals surface area contributed by atoms with E-state index in [2.05, 4.69) is 20.4 Å². The van der Waals surface area contributed by atoms with E-state index in [4.69, 9.17) is 31.4 Å². The van der Waals surface area contributed by atoms with Crippen molar-refractivity contribution in [1.29, 1.82) is 0 Å². The van der Waals surface area contributed by atoms with Crippen LogP contribution in [0.1, 0.15) is 12.8 Å². The highest BCUT2D eigenvalue weighted by Gasteiger charge is 2.43. The van der Waals surface area contributed by atoms with Crippen LogP contribution in [-0.2, 0) is 11.8 Å². The molecule has 4 rings (SSSR count). The normalized spacial score (nSPS) is 18.1. The third-order valence-electron chi connectivity index (χ3n) is 5.10. The molecular formula is C18H16B4N6O. The van der Waals surface area contributed by atoms with Crippen LogP contribution in [0.5, 0.6) is 0 Å². The number of fused-ring (bicyclic) bond motifs is 1. The van der Waals surface area contributed by atoms with E-state index in [0.29, 0.717) is 18.7 Å². The van der Waals surface area contributed by atoms with Crippen molar-refractivity contribution < 1.29 is 4.79 Å². The molecule has 1 N–H and O–H groups in total. The predicted molar refractivity (Wildman–Crippen MR) is 115 cm³/mol. The molecule has 0 aromatic carbocycles. The van der Waals surface area contributed by atoms with Crippen LogP contribution in [0.4, 0.5) is 5.82 Å². The van der Waals surface area contributed by atoms with Gasteiger partial charge in [-0.15, -0.1) is 0 Å². The Morgan fingerprint density at radius 2 is 1.76 bits per heavy atom. The minimum Gasteiger partial charge on any atom is -0.317 e. The molecule has 8 radical (unpaired) electrons. The lowest BCUT2D eigenvalue weighted by Crippen LogP contribution is -2.58. The standard InChI is InChI=1S/C18H16B4N6O/c1-27-9-13(8-25-27)14-4-11-5-15(24-7-12(11)6-23-14)26-16(29)10-28-17(19,20)2-3-18(28,21)22/h4-9H,2-3,10H2,1H3,(H,24,26,29). The lowest BCUT2D eigenvalue weighted by atomic mass is 9.58. The lowest BCUT2D eigenvalue weighted by Gasteiger charge is -2.41. The van der Waals surface area contributed by atoms with Gasteiger partial charge < -0.3 is 10.2 Å². The molecular weight excluding hydrogens is 359 g/mol.